The molecule has 84 valence electrons. The van der Waals surface area contributed by atoms with Crippen LogP contribution >= 0.6 is 11.3 Å². The highest BCUT2D eigenvalue weighted by molar-refractivity contribution is 7.07. The molecule has 1 saturated carbocycles. The van der Waals surface area contributed by atoms with E-state index in [9.17, 15) is 0 Å². The predicted octanol–water partition coefficient (Wildman–Crippen LogP) is 3.08. The summed E-state index contributed by atoms with van der Waals surface area (Å²) in [5.74, 6) is 7.31. The van der Waals surface area contributed by atoms with Gasteiger partial charge in [0.2, 0.25) is 0 Å². The largest absolute Gasteiger partial charge is 0.271 e. The van der Waals surface area contributed by atoms with Crippen LogP contribution in [0.15, 0.2) is 16.8 Å². The lowest BCUT2D eigenvalue weighted by molar-refractivity contribution is 0.232. The van der Waals surface area contributed by atoms with Crippen LogP contribution in [0.5, 0.6) is 0 Å². The van der Waals surface area contributed by atoms with Crippen LogP contribution < -0.4 is 11.3 Å². The van der Waals surface area contributed by atoms with Crippen molar-refractivity contribution in [2.75, 3.05) is 0 Å². The third kappa shape index (κ3) is 2.60. The molecule has 0 bridgehead atoms. The molecule has 0 amide bonds. The summed E-state index contributed by atoms with van der Waals surface area (Å²) in [4.78, 5) is 0. The Morgan fingerprint density at radius 1 is 1.40 bits per heavy atom. The highest BCUT2D eigenvalue weighted by Gasteiger charge is 2.26. The van der Waals surface area contributed by atoms with E-state index in [2.05, 4.69) is 29.2 Å². The van der Waals surface area contributed by atoms with Crippen LogP contribution in [-0.4, -0.2) is 0 Å². The van der Waals surface area contributed by atoms with Gasteiger partial charge in [0, 0.05) is 6.04 Å². The summed E-state index contributed by atoms with van der Waals surface area (Å²) in [7, 11) is 0. The van der Waals surface area contributed by atoms with Gasteiger partial charge >= 0.3 is 0 Å². The van der Waals surface area contributed by atoms with Gasteiger partial charge in [-0.2, -0.15) is 11.3 Å². The Morgan fingerprint density at radius 3 is 2.67 bits per heavy atom. The second-order valence-electron chi connectivity index (χ2n) is 4.72. The maximum Gasteiger partial charge on any atom is 0.0496 e. The topological polar surface area (TPSA) is 38.0 Å². The highest BCUT2D eigenvalue weighted by Crippen LogP contribution is 2.36. The molecular formula is C12H20N2S. The Balaban J connectivity index is 2.01. The maximum absolute atomic E-state index is 5.68. The fourth-order valence-corrected chi connectivity index (χ4v) is 3.27. The zero-order valence-corrected chi connectivity index (χ0v) is 10.1. The molecule has 2 rings (SSSR count). The van der Waals surface area contributed by atoms with Crippen LogP contribution in [-0.2, 0) is 0 Å². The van der Waals surface area contributed by atoms with E-state index < -0.39 is 0 Å². The molecule has 2 nitrogen and oxygen atoms in total. The first kappa shape index (κ1) is 11.1. The molecule has 1 aliphatic carbocycles. The average Bonchev–Trinajstić information content (AvgIpc) is 2.75. The number of thiophene rings is 1. The van der Waals surface area contributed by atoms with Crippen LogP contribution in [0, 0.1) is 11.8 Å². The molecule has 0 spiro atoms. The first-order valence-electron chi connectivity index (χ1n) is 5.79. The van der Waals surface area contributed by atoms with E-state index in [4.69, 9.17) is 5.84 Å². The van der Waals surface area contributed by atoms with Crippen molar-refractivity contribution in [2.45, 2.75) is 38.6 Å². The Morgan fingerprint density at radius 2 is 2.13 bits per heavy atom. The summed E-state index contributed by atoms with van der Waals surface area (Å²) in [6.45, 7) is 2.35. The van der Waals surface area contributed by atoms with Crippen molar-refractivity contribution in [3.63, 3.8) is 0 Å². The number of rotatable bonds is 3. The second kappa shape index (κ2) is 5.10. The number of nitrogens with one attached hydrogen (secondary N) is 1. The van der Waals surface area contributed by atoms with Crippen LogP contribution in [0.4, 0.5) is 0 Å². The van der Waals surface area contributed by atoms with E-state index in [1.165, 1.54) is 31.2 Å². The van der Waals surface area contributed by atoms with E-state index in [0.29, 0.717) is 6.04 Å². The molecule has 1 heterocycles. The van der Waals surface area contributed by atoms with Gasteiger partial charge in [0.1, 0.15) is 0 Å². The van der Waals surface area contributed by atoms with Crippen molar-refractivity contribution in [1.82, 2.24) is 5.43 Å². The lowest BCUT2D eigenvalue weighted by atomic mass is 9.78. The lowest BCUT2D eigenvalue weighted by Gasteiger charge is -2.32. The molecule has 1 fully saturated rings. The van der Waals surface area contributed by atoms with Gasteiger partial charge in [-0.25, -0.2) is 0 Å². The van der Waals surface area contributed by atoms with Gasteiger partial charge < -0.3 is 0 Å². The minimum Gasteiger partial charge on any atom is -0.271 e. The third-order valence-electron chi connectivity index (χ3n) is 3.61. The standard InChI is InChI=1S/C12H20N2S/c1-9-2-4-10(5-3-9)12(14-13)11-6-7-15-8-11/h6-10,12,14H,2-5,13H2,1H3. The molecular weight excluding hydrogens is 204 g/mol. The molecule has 0 aliphatic heterocycles. The predicted molar refractivity (Wildman–Crippen MR) is 65.5 cm³/mol. The summed E-state index contributed by atoms with van der Waals surface area (Å²) in [6.07, 6.45) is 5.33. The highest BCUT2D eigenvalue weighted by atomic mass is 32.1. The second-order valence-corrected chi connectivity index (χ2v) is 5.50. The van der Waals surface area contributed by atoms with Gasteiger partial charge in [-0.1, -0.05) is 19.8 Å². The van der Waals surface area contributed by atoms with Crippen LogP contribution in [0.25, 0.3) is 0 Å². The van der Waals surface area contributed by atoms with E-state index in [1.807, 2.05) is 0 Å². The molecule has 0 radical (unpaired) electrons. The van der Waals surface area contributed by atoms with E-state index in [-0.39, 0.29) is 0 Å². The molecule has 1 aromatic rings. The zero-order chi connectivity index (χ0) is 10.7. The van der Waals surface area contributed by atoms with Crippen molar-refractivity contribution < 1.29 is 0 Å². The zero-order valence-electron chi connectivity index (χ0n) is 9.28. The Bertz CT molecular complexity index is 276. The number of hydrogen-bond donors (Lipinski definition) is 2. The van der Waals surface area contributed by atoms with Gasteiger partial charge in [-0.15, -0.1) is 0 Å². The van der Waals surface area contributed by atoms with Crippen molar-refractivity contribution in [3.8, 4) is 0 Å². The van der Waals surface area contributed by atoms with Crippen LogP contribution in [0.1, 0.15) is 44.2 Å². The minimum absolute atomic E-state index is 0.365. The van der Waals surface area contributed by atoms with Gasteiger partial charge in [0.15, 0.2) is 0 Å². The molecule has 1 aliphatic rings. The molecule has 1 unspecified atom stereocenters. The number of hydrogen-bond acceptors (Lipinski definition) is 3. The van der Waals surface area contributed by atoms with Crippen molar-refractivity contribution in [1.29, 1.82) is 0 Å². The molecule has 3 N–H and O–H groups in total. The summed E-state index contributed by atoms with van der Waals surface area (Å²) in [5, 5.41) is 4.34. The molecule has 3 heteroatoms. The Labute approximate surface area is 95.8 Å². The first-order chi connectivity index (χ1) is 7.31. The molecule has 15 heavy (non-hydrogen) atoms. The molecule has 0 aromatic carbocycles. The quantitative estimate of drug-likeness (QED) is 0.611. The summed E-state index contributed by atoms with van der Waals surface area (Å²) < 4.78 is 0. The van der Waals surface area contributed by atoms with Crippen molar-refractivity contribution in [3.05, 3.63) is 22.4 Å². The van der Waals surface area contributed by atoms with Crippen molar-refractivity contribution >= 4 is 11.3 Å². The molecule has 1 atom stereocenters. The maximum atomic E-state index is 5.68. The normalized spacial score (nSPS) is 28.9. The summed E-state index contributed by atoms with van der Waals surface area (Å²) in [5.41, 5.74) is 4.36. The Kier molecular flexibility index (Phi) is 3.78. The summed E-state index contributed by atoms with van der Waals surface area (Å²) in [6, 6.07) is 2.55. The number of hydrazine groups is 1. The SMILES string of the molecule is CC1CCC(C(NN)c2ccsc2)CC1. The first-order valence-corrected chi connectivity index (χ1v) is 6.73. The third-order valence-corrected chi connectivity index (χ3v) is 4.32. The van der Waals surface area contributed by atoms with Gasteiger partial charge in [-0.05, 0) is 47.1 Å². The lowest BCUT2D eigenvalue weighted by Crippen LogP contribution is -2.34. The summed E-state index contributed by atoms with van der Waals surface area (Å²) >= 11 is 1.75. The van der Waals surface area contributed by atoms with Gasteiger partial charge in [-0.3, -0.25) is 11.3 Å². The molecule has 1 aromatic heterocycles. The van der Waals surface area contributed by atoms with E-state index in [0.717, 1.165) is 11.8 Å². The monoisotopic (exact) mass is 224 g/mol. The Hall–Kier alpha value is -0.380. The minimum atomic E-state index is 0.365. The van der Waals surface area contributed by atoms with E-state index >= 15 is 0 Å². The van der Waals surface area contributed by atoms with Crippen molar-refractivity contribution in [2.24, 2.45) is 17.7 Å². The van der Waals surface area contributed by atoms with Gasteiger partial charge in [0.25, 0.3) is 0 Å². The van der Waals surface area contributed by atoms with Crippen LogP contribution in [0.2, 0.25) is 0 Å². The fourth-order valence-electron chi connectivity index (χ4n) is 2.58. The van der Waals surface area contributed by atoms with E-state index in [1.54, 1.807) is 11.3 Å². The smallest absolute Gasteiger partial charge is 0.0496 e. The van der Waals surface area contributed by atoms with Crippen LogP contribution in [0.3, 0.4) is 0 Å². The average molecular weight is 224 g/mol. The number of nitrogens with two attached hydrogens (primary N) is 1. The fraction of sp³-hybridized carbons (Fsp3) is 0.667. The molecule has 0 saturated heterocycles. The van der Waals surface area contributed by atoms with Gasteiger partial charge in [0.05, 0.1) is 0 Å².